The number of hydrogen-bond donors (Lipinski definition) is 2. The lowest BCUT2D eigenvalue weighted by molar-refractivity contribution is 0.220. The van der Waals surface area contributed by atoms with Crippen molar-refractivity contribution in [1.29, 1.82) is 0 Å². The second-order valence-electron chi connectivity index (χ2n) is 5.05. The standard InChI is InChI=1S/C14H17N3O2S/c1-2-9-3-4-10(19-9)7-17-6-5-12-11(8-17)13(18)16-14(20)15-12/h3-4H,2,5-8H2,1H3,(H2,15,16,18,20). The van der Waals surface area contributed by atoms with Gasteiger partial charge < -0.3 is 9.40 Å². The number of rotatable bonds is 3. The van der Waals surface area contributed by atoms with Gasteiger partial charge in [-0.25, -0.2) is 0 Å². The van der Waals surface area contributed by atoms with E-state index >= 15 is 0 Å². The molecule has 2 aromatic rings. The lowest BCUT2D eigenvalue weighted by Crippen LogP contribution is -2.35. The van der Waals surface area contributed by atoms with Crippen LogP contribution < -0.4 is 5.56 Å². The normalized spacial score (nSPS) is 15.2. The summed E-state index contributed by atoms with van der Waals surface area (Å²) in [6.07, 6.45) is 1.71. The Morgan fingerprint density at radius 1 is 1.35 bits per heavy atom. The van der Waals surface area contributed by atoms with Crippen molar-refractivity contribution in [2.45, 2.75) is 32.9 Å². The molecule has 5 nitrogen and oxygen atoms in total. The minimum absolute atomic E-state index is 0.0813. The third-order valence-electron chi connectivity index (χ3n) is 3.63. The molecule has 0 saturated heterocycles. The van der Waals surface area contributed by atoms with Crippen LogP contribution in [-0.4, -0.2) is 21.4 Å². The van der Waals surface area contributed by atoms with E-state index in [2.05, 4.69) is 21.8 Å². The Bertz CT molecular complexity index is 729. The monoisotopic (exact) mass is 291 g/mol. The molecule has 0 amide bonds. The molecule has 3 rings (SSSR count). The van der Waals surface area contributed by atoms with Crippen molar-refractivity contribution in [1.82, 2.24) is 14.9 Å². The van der Waals surface area contributed by atoms with Crippen molar-refractivity contribution in [3.8, 4) is 0 Å². The number of aryl methyl sites for hydroxylation is 1. The zero-order chi connectivity index (χ0) is 14.1. The van der Waals surface area contributed by atoms with Crippen molar-refractivity contribution < 1.29 is 4.42 Å². The predicted octanol–water partition coefficient (Wildman–Crippen LogP) is 2.15. The Morgan fingerprint density at radius 2 is 2.15 bits per heavy atom. The largest absolute Gasteiger partial charge is 0.465 e. The van der Waals surface area contributed by atoms with Crippen LogP contribution in [0.4, 0.5) is 0 Å². The van der Waals surface area contributed by atoms with E-state index < -0.39 is 0 Å². The first-order valence-electron chi connectivity index (χ1n) is 6.80. The maximum atomic E-state index is 11.9. The van der Waals surface area contributed by atoms with Crippen LogP contribution in [0.5, 0.6) is 0 Å². The molecule has 0 unspecified atom stereocenters. The number of aromatic nitrogens is 2. The van der Waals surface area contributed by atoms with E-state index in [9.17, 15) is 4.79 Å². The van der Waals surface area contributed by atoms with Crippen LogP contribution in [0.1, 0.15) is 29.7 Å². The molecular formula is C14H17N3O2S. The van der Waals surface area contributed by atoms with Gasteiger partial charge in [-0.3, -0.25) is 14.7 Å². The molecule has 0 bridgehead atoms. The lowest BCUT2D eigenvalue weighted by atomic mass is 10.1. The van der Waals surface area contributed by atoms with Gasteiger partial charge in [0.2, 0.25) is 0 Å². The van der Waals surface area contributed by atoms with E-state index in [4.69, 9.17) is 16.6 Å². The zero-order valence-corrected chi connectivity index (χ0v) is 12.2. The summed E-state index contributed by atoms with van der Waals surface area (Å²) in [6.45, 7) is 4.32. The summed E-state index contributed by atoms with van der Waals surface area (Å²) in [5.41, 5.74) is 1.66. The maximum absolute atomic E-state index is 11.9. The number of fused-ring (bicyclic) bond motifs is 1. The smallest absolute Gasteiger partial charge is 0.256 e. The number of aromatic amines is 2. The zero-order valence-electron chi connectivity index (χ0n) is 11.4. The number of hydrogen-bond acceptors (Lipinski definition) is 4. The van der Waals surface area contributed by atoms with Crippen molar-refractivity contribution in [2.24, 2.45) is 0 Å². The number of nitrogens with one attached hydrogen (secondary N) is 2. The highest BCUT2D eigenvalue weighted by molar-refractivity contribution is 7.71. The van der Waals surface area contributed by atoms with Crippen molar-refractivity contribution in [3.05, 3.63) is 50.0 Å². The molecular weight excluding hydrogens is 274 g/mol. The number of H-pyrrole nitrogens is 2. The molecule has 0 aromatic carbocycles. The Balaban J connectivity index is 1.78. The van der Waals surface area contributed by atoms with Gasteiger partial charge >= 0.3 is 0 Å². The van der Waals surface area contributed by atoms with Crippen LogP contribution in [0.3, 0.4) is 0 Å². The van der Waals surface area contributed by atoms with Crippen LogP contribution in [0.2, 0.25) is 0 Å². The minimum atomic E-state index is -0.0813. The van der Waals surface area contributed by atoms with Gasteiger partial charge in [0.05, 0.1) is 12.1 Å². The molecule has 0 fully saturated rings. The molecule has 6 heteroatoms. The second-order valence-corrected chi connectivity index (χ2v) is 5.46. The van der Waals surface area contributed by atoms with Gasteiger partial charge in [0, 0.05) is 31.6 Å². The van der Waals surface area contributed by atoms with Gasteiger partial charge in [0.15, 0.2) is 4.77 Å². The second kappa shape index (κ2) is 5.38. The van der Waals surface area contributed by atoms with Gasteiger partial charge in [-0.15, -0.1) is 0 Å². The Morgan fingerprint density at radius 3 is 2.90 bits per heavy atom. The molecule has 0 atom stereocenters. The third kappa shape index (κ3) is 2.62. The average molecular weight is 291 g/mol. The molecule has 0 saturated carbocycles. The fraction of sp³-hybridized carbons (Fsp3) is 0.429. The number of nitrogens with zero attached hydrogens (tertiary/aromatic N) is 1. The summed E-state index contributed by atoms with van der Waals surface area (Å²) < 4.78 is 6.12. The molecule has 2 aromatic heterocycles. The van der Waals surface area contributed by atoms with Gasteiger partial charge in [-0.2, -0.15) is 0 Å². The summed E-state index contributed by atoms with van der Waals surface area (Å²) in [5, 5.41) is 0. The fourth-order valence-electron chi connectivity index (χ4n) is 2.57. The summed E-state index contributed by atoms with van der Waals surface area (Å²) in [6, 6.07) is 4.02. The van der Waals surface area contributed by atoms with Crippen LogP contribution in [0.25, 0.3) is 0 Å². The summed E-state index contributed by atoms with van der Waals surface area (Å²) >= 11 is 5.00. The van der Waals surface area contributed by atoms with E-state index in [1.807, 2.05) is 12.1 Å². The predicted molar refractivity (Wildman–Crippen MR) is 78.2 cm³/mol. The fourth-order valence-corrected chi connectivity index (χ4v) is 2.78. The van der Waals surface area contributed by atoms with E-state index in [-0.39, 0.29) is 5.56 Å². The quantitative estimate of drug-likeness (QED) is 0.850. The topological polar surface area (TPSA) is 65.0 Å². The highest BCUT2D eigenvalue weighted by Crippen LogP contribution is 2.17. The third-order valence-corrected chi connectivity index (χ3v) is 3.84. The SMILES string of the molecule is CCc1ccc(CN2CCc3[nH]c(=S)[nH]c(=O)c3C2)o1. The van der Waals surface area contributed by atoms with Gasteiger partial charge in [-0.05, 0) is 24.4 Å². The van der Waals surface area contributed by atoms with E-state index in [1.54, 1.807) is 0 Å². The molecule has 0 aliphatic carbocycles. The van der Waals surface area contributed by atoms with Gasteiger partial charge in [0.1, 0.15) is 11.5 Å². The van der Waals surface area contributed by atoms with E-state index in [0.29, 0.717) is 11.3 Å². The van der Waals surface area contributed by atoms with Crippen LogP contribution in [0.15, 0.2) is 21.3 Å². The van der Waals surface area contributed by atoms with Crippen LogP contribution >= 0.6 is 12.2 Å². The summed E-state index contributed by atoms with van der Waals surface area (Å²) in [7, 11) is 0. The molecule has 106 valence electrons. The molecule has 1 aliphatic heterocycles. The maximum Gasteiger partial charge on any atom is 0.256 e. The first-order valence-corrected chi connectivity index (χ1v) is 7.21. The van der Waals surface area contributed by atoms with Crippen molar-refractivity contribution in [3.63, 3.8) is 0 Å². The molecule has 2 N–H and O–H groups in total. The van der Waals surface area contributed by atoms with Crippen LogP contribution in [-0.2, 0) is 25.9 Å². The van der Waals surface area contributed by atoms with Crippen molar-refractivity contribution in [2.75, 3.05) is 6.54 Å². The average Bonchev–Trinajstić information content (AvgIpc) is 2.87. The van der Waals surface area contributed by atoms with Crippen LogP contribution in [0, 0.1) is 4.77 Å². The molecule has 3 heterocycles. The van der Waals surface area contributed by atoms with E-state index in [0.717, 1.165) is 48.7 Å². The van der Waals surface area contributed by atoms with Crippen molar-refractivity contribution >= 4 is 12.2 Å². The molecule has 0 radical (unpaired) electrons. The highest BCUT2D eigenvalue weighted by Gasteiger charge is 2.20. The number of furan rings is 1. The highest BCUT2D eigenvalue weighted by atomic mass is 32.1. The molecule has 0 spiro atoms. The van der Waals surface area contributed by atoms with Gasteiger partial charge in [0.25, 0.3) is 5.56 Å². The first kappa shape index (κ1) is 13.3. The summed E-state index contributed by atoms with van der Waals surface area (Å²) in [4.78, 5) is 19.9. The Kier molecular flexibility index (Phi) is 3.58. The van der Waals surface area contributed by atoms with Gasteiger partial charge in [-0.1, -0.05) is 6.92 Å². The summed E-state index contributed by atoms with van der Waals surface area (Å²) in [5.74, 6) is 1.95. The lowest BCUT2D eigenvalue weighted by Gasteiger charge is -2.26. The first-order chi connectivity index (χ1) is 9.65. The van der Waals surface area contributed by atoms with E-state index in [1.165, 1.54) is 0 Å². The Labute approximate surface area is 121 Å². The Hall–Kier alpha value is -1.66. The minimum Gasteiger partial charge on any atom is -0.465 e. The molecule has 1 aliphatic rings. The molecule has 20 heavy (non-hydrogen) atoms.